The standard InChI is InChI=1S/C17H22N2O/c1-3-13-8-10-14(11-9-13)12-16(19-18)15-6-4-5-7-17(15)20-2/h4-11,16,19H,3,12,18H2,1-2H3. The van der Waals surface area contributed by atoms with Crippen LogP contribution in [0.25, 0.3) is 0 Å². The zero-order valence-electron chi connectivity index (χ0n) is 12.1. The van der Waals surface area contributed by atoms with E-state index in [2.05, 4.69) is 36.6 Å². The van der Waals surface area contributed by atoms with Gasteiger partial charge in [0.2, 0.25) is 0 Å². The average Bonchev–Trinajstić information content (AvgIpc) is 2.53. The highest BCUT2D eigenvalue weighted by atomic mass is 16.5. The third kappa shape index (κ3) is 3.38. The van der Waals surface area contributed by atoms with Crippen LogP contribution in [0.15, 0.2) is 48.5 Å². The Balaban J connectivity index is 2.19. The molecular formula is C17H22N2O. The van der Waals surface area contributed by atoms with E-state index in [1.165, 1.54) is 11.1 Å². The summed E-state index contributed by atoms with van der Waals surface area (Å²) in [4.78, 5) is 0. The minimum Gasteiger partial charge on any atom is -0.496 e. The lowest BCUT2D eigenvalue weighted by molar-refractivity contribution is 0.399. The number of methoxy groups -OCH3 is 1. The summed E-state index contributed by atoms with van der Waals surface area (Å²) in [5, 5.41) is 0. The summed E-state index contributed by atoms with van der Waals surface area (Å²) in [6.45, 7) is 2.16. The van der Waals surface area contributed by atoms with Crippen LogP contribution in [0.4, 0.5) is 0 Å². The van der Waals surface area contributed by atoms with E-state index in [0.29, 0.717) is 0 Å². The zero-order chi connectivity index (χ0) is 14.4. The summed E-state index contributed by atoms with van der Waals surface area (Å²) in [6.07, 6.45) is 1.90. The summed E-state index contributed by atoms with van der Waals surface area (Å²) >= 11 is 0. The molecule has 0 saturated carbocycles. The molecule has 2 aromatic carbocycles. The molecule has 1 unspecified atom stereocenters. The number of para-hydroxylation sites is 1. The lowest BCUT2D eigenvalue weighted by Crippen LogP contribution is -2.29. The number of nitrogens with two attached hydrogens (primary N) is 1. The van der Waals surface area contributed by atoms with Gasteiger partial charge in [-0.05, 0) is 30.0 Å². The minimum atomic E-state index is 0.0404. The Bertz CT molecular complexity index is 537. The first-order chi connectivity index (χ1) is 9.78. The quantitative estimate of drug-likeness (QED) is 0.626. The van der Waals surface area contributed by atoms with Gasteiger partial charge >= 0.3 is 0 Å². The topological polar surface area (TPSA) is 47.3 Å². The van der Waals surface area contributed by atoms with E-state index in [-0.39, 0.29) is 6.04 Å². The van der Waals surface area contributed by atoms with Crippen molar-refractivity contribution in [1.29, 1.82) is 0 Å². The lowest BCUT2D eigenvalue weighted by Gasteiger charge is -2.19. The summed E-state index contributed by atoms with van der Waals surface area (Å²) in [6, 6.07) is 16.7. The van der Waals surface area contributed by atoms with Crippen LogP contribution in [0.1, 0.15) is 29.7 Å². The van der Waals surface area contributed by atoms with Crippen molar-refractivity contribution in [3.05, 3.63) is 65.2 Å². The monoisotopic (exact) mass is 270 g/mol. The maximum absolute atomic E-state index is 5.73. The van der Waals surface area contributed by atoms with Gasteiger partial charge in [-0.2, -0.15) is 0 Å². The molecule has 2 aromatic rings. The molecule has 0 aliphatic heterocycles. The SMILES string of the molecule is CCc1ccc(CC(NN)c2ccccc2OC)cc1. The Kier molecular flexibility index (Phi) is 5.16. The van der Waals surface area contributed by atoms with Crippen molar-refractivity contribution in [3.8, 4) is 5.75 Å². The number of ether oxygens (including phenoxy) is 1. The fraction of sp³-hybridized carbons (Fsp3) is 0.294. The van der Waals surface area contributed by atoms with Gasteiger partial charge in [-0.1, -0.05) is 49.4 Å². The highest BCUT2D eigenvalue weighted by molar-refractivity contribution is 5.37. The third-order valence-electron chi connectivity index (χ3n) is 3.59. The van der Waals surface area contributed by atoms with Crippen molar-refractivity contribution in [2.45, 2.75) is 25.8 Å². The van der Waals surface area contributed by atoms with E-state index in [1.807, 2.05) is 24.3 Å². The predicted octanol–water partition coefficient (Wildman–Crippen LogP) is 3.00. The van der Waals surface area contributed by atoms with Crippen molar-refractivity contribution < 1.29 is 4.74 Å². The number of benzene rings is 2. The number of rotatable bonds is 6. The second-order valence-electron chi connectivity index (χ2n) is 4.84. The molecule has 1 atom stereocenters. The molecule has 0 aliphatic carbocycles. The first-order valence-electron chi connectivity index (χ1n) is 6.95. The number of hydrogen-bond donors (Lipinski definition) is 2. The second kappa shape index (κ2) is 7.08. The molecule has 3 N–H and O–H groups in total. The molecule has 0 bridgehead atoms. The van der Waals surface area contributed by atoms with E-state index < -0.39 is 0 Å². The Labute approximate surface area is 120 Å². The molecule has 0 amide bonds. The van der Waals surface area contributed by atoms with E-state index in [9.17, 15) is 0 Å². The Morgan fingerprint density at radius 2 is 1.70 bits per heavy atom. The first-order valence-corrected chi connectivity index (χ1v) is 6.95. The van der Waals surface area contributed by atoms with Crippen LogP contribution in [0.3, 0.4) is 0 Å². The van der Waals surface area contributed by atoms with Gasteiger partial charge in [-0.25, -0.2) is 0 Å². The van der Waals surface area contributed by atoms with Crippen LogP contribution in [0, 0.1) is 0 Å². The van der Waals surface area contributed by atoms with Gasteiger partial charge in [0.15, 0.2) is 0 Å². The highest BCUT2D eigenvalue weighted by Gasteiger charge is 2.14. The predicted molar refractivity (Wildman–Crippen MR) is 82.6 cm³/mol. The minimum absolute atomic E-state index is 0.0404. The van der Waals surface area contributed by atoms with E-state index in [4.69, 9.17) is 10.6 Å². The summed E-state index contributed by atoms with van der Waals surface area (Å²) in [5.41, 5.74) is 6.58. The molecule has 20 heavy (non-hydrogen) atoms. The van der Waals surface area contributed by atoms with Crippen LogP contribution in [0.2, 0.25) is 0 Å². The van der Waals surface area contributed by atoms with Gasteiger partial charge in [0.25, 0.3) is 0 Å². The summed E-state index contributed by atoms with van der Waals surface area (Å²) in [7, 11) is 1.68. The Morgan fingerprint density at radius 1 is 1.05 bits per heavy atom. The molecule has 0 radical (unpaired) electrons. The fourth-order valence-corrected chi connectivity index (χ4v) is 2.36. The maximum atomic E-state index is 5.73. The number of hydrazine groups is 1. The maximum Gasteiger partial charge on any atom is 0.123 e. The van der Waals surface area contributed by atoms with Crippen LogP contribution < -0.4 is 16.0 Å². The van der Waals surface area contributed by atoms with Crippen LogP contribution >= 0.6 is 0 Å². The van der Waals surface area contributed by atoms with Gasteiger partial charge in [0, 0.05) is 5.56 Å². The van der Waals surface area contributed by atoms with Gasteiger partial charge < -0.3 is 4.74 Å². The van der Waals surface area contributed by atoms with E-state index >= 15 is 0 Å². The van der Waals surface area contributed by atoms with Gasteiger partial charge in [0.1, 0.15) is 5.75 Å². The number of hydrogen-bond acceptors (Lipinski definition) is 3. The number of nitrogens with one attached hydrogen (secondary N) is 1. The third-order valence-corrected chi connectivity index (χ3v) is 3.59. The number of aryl methyl sites for hydroxylation is 1. The second-order valence-corrected chi connectivity index (χ2v) is 4.84. The largest absolute Gasteiger partial charge is 0.496 e. The molecule has 0 spiro atoms. The van der Waals surface area contributed by atoms with Crippen LogP contribution in [0.5, 0.6) is 5.75 Å². The van der Waals surface area contributed by atoms with E-state index in [0.717, 1.165) is 24.2 Å². The van der Waals surface area contributed by atoms with Crippen molar-refractivity contribution in [3.63, 3.8) is 0 Å². The molecular weight excluding hydrogens is 248 g/mol. The molecule has 2 rings (SSSR count). The van der Waals surface area contributed by atoms with Crippen molar-refractivity contribution in [2.75, 3.05) is 7.11 Å². The Hall–Kier alpha value is -1.84. The normalized spacial score (nSPS) is 12.2. The highest BCUT2D eigenvalue weighted by Crippen LogP contribution is 2.26. The lowest BCUT2D eigenvalue weighted by atomic mass is 9.97. The van der Waals surface area contributed by atoms with Gasteiger partial charge in [0.05, 0.1) is 13.2 Å². The molecule has 0 heterocycles. The molecule has 0 aromatic heterocycles. The Morgan fingerprint density at radius 3 is 2.30 bits per heavy atom. The summed E-state index contributed by atoms with van der Waals surface area (Å²) in [5.74, 6) is 6.59. The fourth-order valence-electron chi connectivity index (χ4n) is 2.36. The summed E-state index contributed by atoms with van der Waals surface area (Å²) < 4.78 is 5.41. The molecule has 3 heteroatoms. The van der Waals surface area contributed by atoms with Crippen molar-refractivity contribution in [1.82, 2.24) is 5.43 Å². The van der Waals surface area contributed by atoms with Crippen LogP contribution in [-0.2, 0) is 12.8 Å². The van der Waals surface area contributed by atoms with Crippen LogP contribution in [-0.4, -0.2) is 7.11 Å². The van der Waals surface area contributed by atoms with E-state index in [1.54, 1.807) is 7.11 Å². The molecule has 106 valence electrons. The first kappa shape index (κ1) is 14.6. The molecule has 3 nitrogen and oxygen atoms in total. The van der Waals surface area contributed by atoms with Gasteiger partial charge in [-0.3, -0.25) is 11.3 Å². The molecule has 0 aliphatic rings. The smallest absolute Gasteiger partial charge is 0.123 e. The zero-order valence-corrected chi connectivity index (χ0v) is 12.1. The molecule has 0 fully saturated rings. The van der Waals surface area contributed by atoms with Crippen molar-refractivity contribution in [2.24, 2.45) is 5.84 Å². The average molecular weight is 270 g/mol. The van der Waals surface area contributed by atoms with Gasteiger partial charge in [-0.15, -0.1) is 0 Å². The molecule has 0 saturated heterocycles. The van der Waals surface area contributed by atoms with Crippen molar-refractivity contribution >= 4 is 0 Å².